The zero-order valence-electron chi connectivity index (χ0n) is 12.5. The first kappa shape index (κ1) is 14.5. The molecule has 0 amide bonds. The van der Waals surface area contributed by atoms with Gasteiger partial charge >= 0.3 is 5.97 Å². The summed E-state index contributed by atoms with van der Waals surface area (Å²) in [6, 6.07) is 7.99. The van der Waals surface area contributed by atoms with Gasteiger partial charge in [-0.25, -0.2) is 0 Å². The van der Waals surface area contributed by atoms with Gasteiger partial charge in [0.05, 0.1) is 6.10 Å². The third kappa shape index (κ3) is 2.83. The van der Waals surface area contributed by atoms with Gasteiger partial charge in [-0.15, -0.1) is 0 Å². The molecule has 0 saturated heterocycles. The van der Waals surface area contributed by atoms with Gasteiger partial charge in [-0.05, 0) is 30.4 Å². The lowest BCUT2D eigenvalue weighted by molar-refractivity contribution is -0.147. The molecule has 1 fully saturated rings. The normalized spacial score (nSPS) is 29.9. The van der Waals surface area contributed by atoms with Crippen molar-refractivity contribution in [3.05, 3.63) is 35.4 Å². The summed E-state index contributed by atoms with van der Waals surface area (Å²) in [5.41, 5.74) is 2.43. The Morgan fingerprint density at radius 2 is 1.95 bits per heavy atom. The lowest BCUT2D eigenvalue weighted by Crippen LogP contribution is -2.55. The molecule has 1 heterocycles. The highest BCUT2D eigenvalue weighted by molar-refractivity contribution is 5.74. The van der Waals surface area contributed by atoms with Crippen LogP contribution in [0, 0.1) is 0 Å². The summed E-state index contributed by atoms with van der Waals surface area (Å²) >= 11 is 0. The van der Waals surface area contributed by atoms with Gasteiger partial charge in [-0.3, -0.25) is 9.69 Å². The molecule has 3 unspecified atom stereocenters. The molecule has 2 aliphatic rings. The first-order chi connectivity index (χ1) is 10.2. The predicted molar refractivity (Wildman–Crippen MR) is 80.2 cm³/mol. The van der Waals surface area contributed by atoms with Gasteiger partial charge in [-0.2, -0.15) is 0 Å². The van der Waals surface area contributed by atoms with E-state index in [-0.39, 0.29) is 12.1 Å². The van der Waals surface area contributed by atoms with Crippen LogP contribution >= 0.6 is 0 Å². The minimum Gasteiger partial charge on any atom is -0.480 e. The zero-order valence-corrected chi connectivity index (χ0v) is 12.5. The lowest BCUT2D eigenvalue weighted by atomic mass is 9.86. The Balaban J connectivity index is 1.89. The van der Waals surface area contributed by atoms with Crippen molar-refractivity contribution in [2.45, 2.75) is 56.8 Å². The minimum atomic E-state index is -0.718. The molecule has 3 atom stereocenters. The monoisotopic (exact) mass is 289 g/mol. The van der Waals surface area contributed by atoms with Crippen LogP contribution < -0.4 is 0 Å². The van der Waals surface area contributed by atoms with Gasteiger partial charge < -0.3 is 9.84 Å². The Labute approximate surface area is 125 Å². The number of nitrogens with zero attached hydrogens (tertiary/aromatic N) is 1. The number of hydrogen-bond donors (Lipinski definition) is 1. The number of rotatable bonds is 3. The van der Waals surface area contributed by atoms with E-state index in [0.717, 1.165) is 25.8 Å². The van der Waals surface area contributed by atoms with Crippen molar-refractivity contribution in [2.75, 3.05) is 7.11 Å². The largest absolute Gasteiger partial charge is 0.480 e. The lowest BCUT2D eigenvalue weighted by Gasteiger charge is -2.44. The molecule has 114 valence electrons. The second-order valence-electron chi connectivity index (χ2n) is 6.13. The maximum atomic E-state index is 11.7. The molecule has 21 heavy (non-hydrogen) atoms. The van der Waals surface area contributed by atoms with Crippen LogP contribution in [0.2, 0.25) is 0 Å². The van der Waals surface area contributed by atoms with Crippen molar-refractivity contribution in [3.8, 4) is 0 Å². The van der Waals surface area contributed by atoms with E-state index in [1.807, 2.05) is 12.1 Å². The van der Waals surface area contributed by atoms with Crippen LogP contribution in [0.25, 0.3) is 0 Å². The van der Waals surface area contributed by atoms with Crippen molar-refractivity contribution in [3.63, 3.8) is 0 Å². The van der Waals surface area contributed by atoms with Crippen LogP contribution in [-0.2, 0) is 22.5 Å². The molecule has 1 aromatic carbocycles. The molecule has 0 aromatic heterocycles. The average Bonchev–Trinajstić information content (AvgIpc) is 2.53. The van der Waals surface area contributed by atoms with E-state index in [1.54, 1.807) is 7.11 Å². The molecule has 1 aliphatic carbocycles. The number of aliphatic carboxylic acids is 1. The van der Waals surface area contributed by atoms with E-state index in [9.17, 15) is 9.90 Å². The number of benzene rings is 1. The smallest absolute Gasteiger partial charge is 0.321 e. The van der Waals surface area contributed by atoms with Crippen LogP contribution in [-0.4, -0.2) is 41.3 Å². The minimum absolute atomic E-state index is 0.158. The molecule has 4 heteroatoms. The van der Waals surface area contributed by atoms with Crippen LogP contribution in [0.5, 0.6) is 0 Å². The first-order valence-electron chi connectivity index (χ1n) is 7.79. The summed E-state index contributed by atoms with van der Waals surface area (Å²) < 4.78 is 5.64. The number of hydrogen-bond acceptors (Lipinski definition) is 3. The molecule has 3 rings (SSSR count). The van der Waals surface area contributed by atoms with E-state index in [0.29, 0.717) is 6.42 Å². The van der Waals surface area contributed by atoms with Crippen LogP contribution in [0.3, 0.4) is 0 Å². The van der Waals surface area contributed by atoms with Gasteiger partial charge in [0.1, 0.15) is 6.04 Å². The molecule has 1 saturated carbocycles. The molecular formula is C17H23NO3. The third-order valence-electron chi connectivity index (χ3n) is 4.97. The summed E-state index contributed by atoms with van der Waals surface area (Å²) in [5.74, 6) is -0.718. The Morgan fingerprint density at radius 3 is 2.67 bits per heavy atom. The summed E-state index contributed by atoms with van der Waals surface area (Å²) in [6.07, 6.45) is 5.16. The second-order valence-corrected chi connectivity index (χ2v) is 6.13. The van der Waals surface area contributed by atoms with Crippen molar-refractivity contribution < 1.29 is 14.6 Å². The zero-order chi connectivity index (χ0) is 14.8. The van der Waals surface area contributed by atoms with Gasteiger partial charge in [0, 0.05) is 19.7 Å². The van der Waals surface area contributed by atoms with Gasteiger partial charge in [0.2, 0.25) is 0 Å². The maximum absolute atomic E-state index is 11.7. The highest BCUT2D eigenvalue weighted by Gasteiger charge is 2.39. The summed E-state index contributed by atoms with van der Waals surface area (Å²) in [4.78, 5) is 13.9. The molecule has 1 aromatic rings. The van der Waals surface area contributed by atoms with Crippen LogP contribution in [0.4, 0.5) is 0 Å². The van der Waals surface area contributed by atoms with Crippen LogP contribution in [0.15, 0.2) is 24.3 Å². The predicted octanol–water partition coefficient (Wildman–Crippen LogP) is 2.46. The number of carboxylic acids is 1. The number of ether oxygens (including phenoxy) is 1. The van der Waals surface area contributed by atoms with Gasteiger partial charge in [0.15, 0.2) is 0 Å². The van der Waals surface area contributed by atoms with Crippen molar-refractivity contribution in [1.82, 2.24) is 4.90 Å². The fourth-order valence-electron chi connectivity index (χ4n) is 3.85. The number of carboxylic acid groups (broad SMARTS) is 1. The third-order valence-corrected chi connectivity index (χ3v) is 4.97. The summed E-state index contributed by atoms with van der Waals surface area (Å²) in [7, 11) is 1.75. The molecule has 0 bridgehead atoms. The second kappa shape index (κ2) is 6.16. The molecular weight excluding hydrogens is 266 g/mol. The van der Waals surface area contributed by atoms with E-state index >= 15 is 0 Å². The highest BCUT2D eigenvalue weighted by atomic mass is 16.5. The fourth-order valence-corrected chi connectivity index (χ4v) is 3.85. The molecule has 0 radical (unpaired) electrons. The summed E-state index contributed by atoms with van der Waals surface area (Å²) in [5, 5.41) is 9.64. The Bertz CT molecular complexity index is 517. The Morgan fingerprint density at radius 1 is 1.24 bits per heavy atom. The van der Waals surface area contributed by atoms with E-state index in [2.05, 4.69) is 17.0 Å². The first-order valence-corrected chi connectivity index (χ1v) is 7.79. The SMILES string of the molecule is COC1CCCCC1N1Cc2ccccc2CC1C(=O)O. The molecule has 1 aliphatic heterocycles. The standard InChI is InChI=1S/C17H23NO3/c1-21-16-9-5-4-8-14(16)18-11-13-7-3-2-6-12(13)10-15(18)17(19)20/h2-3,6-7,14-16H,4-5,8-11H2,1H3,(H,19,20). The quantitative estimate of drug-likeness (QED) is 0.928. The van der Waals surface area contributed by atoms with E-state index < -0.39 is 12.0 Å². The Kier molecular flexibility index (Phi) is 4.27. The van der Waals surface area contributed by atoms with E-state index in [1.165, 1.54) is 17.5 Å². The molecule has 4 nitrogen and oxygen atoms in total. The van der Waals surface area contributed by atoms with Crippen molar-refractivity contribution in [2.24, 2.45) is 0 Å². The fraction of sp³-hybridized carbons (Fsp3) is 0.588. The van der Waals surface area contributed by atoms with Crippen molar-refractivity contribution >= 4 is 5.97 Å². The molecule has 0 spiro atoms. The van der Waals surface area contributed by atoms with Gasteiger partial charge in [0.25, 0.3) is 0 Å². The molecule has 1 N–H and O–H groups in total. The number of fused-ring (bicyclic) bond motifs is 1. The summed E-state index contributed by atoms with van der Waals surface area (Å²) in [6.45, 7) is 0.720. The highest BCUT2D eigenvalue weighted by Crippen LogP contribution is 2.32. The Hall–Kier alpha value is -1.39. The van der Waals surface area contributed by atoms with Crippen LogP contribution in [0.1, 0.15) is 36.8 Å². The van der Waals surface area contributed by atoms with Crippen molar-refractivity contribution in [1.29, 1.82) is 0 Å². The van der Waals surface area contributed by atoms with Gasteiger partial charge in [-0.1, -0.05) is 37.1 Å². The maximum Gasteiger partial charge on any atom is 0.321 e. The topological polar surface area (TPSA) is 49.8 Å². The van der Waals surface area contributed by atoms with E-state index in [4.69, 9.17) is 4.74 Å². The number of carbonyl (C=O) groups is 1. The average molecular weight is 289 g/mol. The number of methoxy groups -OCH3 is 1.